The third kappa shape index (κ3) is 4.51. The van der Waals surface area contributed by atoms with Crippen LogP contribution in [0.3, 0.4) is 0 Å². The molecule has 0 aliphatic carbocycles. The number of anilines is 1. The summed E-state index contributed by atoms with van der Waals surface area (Å²) < 4.78 is 0. The lowest BCUT2D eigenvalue weighted by Crippen LogP contribution is -2.37. The SMILES string of the molecule is CCC(C)C(O)CNC(=O)Nc1nnc(-c2ccccc2)s1. The fourth-order valence-corrected chi connectivity index (χ4v) is 2.53. The number of aromatic nitrogens is 2. The summed E-state index contributed by atoms with van der Waals surface area (Å²) in [5.41, 5.74) is 0.959. The minimum Gasteiger partial charge on any atom is -0.391 e. The third-order valence-corrected chi connectivity index (χ3v) is 4.33. The van der Waals surface area contributed by atoms with Gasteiger partial charge in [-0.2, -0.15) is 0 Å². The molecule has 1 heterocycles. The number of hydrogen-bond acceptors (Lipinski definition) is 5. The largest absolute Gasteiger partial charge is 0.391 e. The van der Waals surface area contributed by atoms with E-state index in [0.717, 1.165) is 17.0 Å². The Morgan fingerprint density at radius 2 is 2.05 bits per heavy atom. The number of nitrogens with one attached hydrogen (secondary N) is 2. The second-order valence-corrected chi connectivity index (χ2v) is 6.04. The number of hydrogen-bond donors (Lipinski definition) is 3. The monoisotopic (exact) mass is 320 g/mol. The van der Waals surface area contributed by atoms with Gasteiger partial charge in [-0.1, -0.05) is 61.9 Å². The molecule has 0 aliphatic rings. The van der Waals surface area contributed by atoms with Gasteiger partial charge in [0.1, 0.15) is 5.01 Å². The van der Waals surface area contributed by atoms with Crippen molar-refractivity contribution in [2.24, 2.45) is 5.92 Å². The van der Waals surface area contributed by atoms with Crippen molar-refractivity contribution < 1.29 is 9.90 Å². The van der Waals surface area contributed by atoms with Gasteiger partial charge in [0.2, 0.25) is 5.13 Å². The van der Waals surface area contributed by atoms with Crippen LogP contribution in [-0.4, -0.2) is 34.0 Å². The predicted octanol–water partition coefficient (Wildman–Crippen LogP) is 2.73. The van der Waals surface area contributed by atoms with Crippen molar-refractivity contribution in [3.05, 3.63) is 30.3 Å². The molecule has 118 valence electrons. The van der Waals surface area contributed by atoms with E-state index in [1.54, 1.807) is 0 Å². The smallest absolute Gasteiger partial charge is 0.321 e. The average Bonchev–Trinajstić information content (AvgIpc) is 3.01. The summed E-state index contributed by atoms with van der Waals surface area (Å²) in [6, 6.07) is 9.26. The Balaban J connectivity index is 1.86. The third-order valence-electron chi connectivity index (χ3n) is 3.44. The predicted molar refractivity (Wildman–Crippen MR) is 87.8 cm³/mol. The van der Waals surface area contributed by atoms with Gasteiger partial charge in [-0.05, 0) is 5.92 Å². The molecular weight excluding hydrogens is 300 g/mol. The number of nitrogens with zero attached hydrogens (tertiary/aromatic N) is 2. The number of urea groups is 1. The van der Waals surface area contributed by atoms with Crippen LogP contribution in [0.5, 0.6) is 0 Å². The molecule has 22 heavy (non-hydrogen) atoms. The Hall–Kier alpha value is -1.99. The first-order valence-electron chi connectivity index (χ1n) is 7.22. The first-order valence-corrected chi connectivity index (χ1v) is 8.03. The fourth-order valence-electron chi connectivity index (χ4n) is 1.78. The van der Waals surface area contributed by atoms with Gasteiger partial charge in [-0.15, -0.1) is 10.2 Å². The maximum atomic E-state index is 11.8. The van der Waals surface area contributed by atoms with Gasteiger partial charge >= 0.3 is 6.03 Å². The van der Waals surface area contributed by atoms with E-state index in [0.29, 0.717) is 5.13 Å². The molecule has 2 amide bonds. The number of aliphatic hydroxyl groups is 1. The second-order valence-electron chi connectivity index (χ2n) is 5.07. The normalized spacial score (nSPS) is 13.4. The summed E-state index contributed by atoms with van der Waals surface area (Å²) in [5.74, 6) is 0.145. The topological polar surface area (TPSA) is 87.1 Å². The van der Waals surface area contributed by atoms with Crippen LogP contribution in [0.4, 0.5) is 9.93 Å². The van der Waals surface area contributed by atoms with Crippen LogP contribution in [0.15, 0.2) is 30.3 Å². The Labute approximate surface area is 133 Å². The maximum absolute atomic E-state index is 11.8. The van der Waals surface area contributed by atoms with Gasteiger partial charge in [0.15, 0.2) is 0 Å². The van der Waals surface area contributed by atoms with Crippen LogP contribution in [0, 0.1) is 5.92 Å². The molecule has 0 fully saturated rings. The van der Waals surface area contributed by atoms with E-state index in [4.69, 9.17) is 0 Å². The van der Waals surface area contributed by atoms with E-state index in [1.165, 1.54) is 11.3 Å². The first kappa shape index (κ1) is 16.4. The molecule has 0 aliphatic heterocycles. The van der Waals surface area contributed by atoms with Crippen LogP contribution >= 0.6 is 11.3 Å². The maximum Gasteiger partial charge on any atom is 0.321 e. The number of carbonyl (C=O) groups excluding carboxylic acids is 1. The molecule has 0 saturated heterocycles. The molecule has 7 heteroatoms. The van der Waals surface area contributed by atoms with Crippen molar-refractivity contribution in [2.45, 2.75) is 26.4 Å². The molecule has 2 unspecified atom stereocenters. The van der Waals surface area contributed by atoms with Crippen molar-refractivity contribution in [2.75, 3.05) is 11.9 Å². The first-order chi connectivity index (χ1) is 10.6. The molecule has 1 aromatic heterocycles. The van der Waals surface area contributed by atoms with Gasteiger partial charge in [0.25, 0.3) is 0 Å². The number of aliphatic hydroxyl groups excluding tert-OH is 1. The Kier molecular flexibility index (Phi) is 5.85. The number of amides is 2. The lowest BCUT2D eigenvalue weighted by Gasteiger charge is -2.17. The molecule has 2 rings (SSSR count). The molecule has 3 N–H and O–H groups in total. The standard InChI is InChI=1S/C15H20N4O2S/c1-3-10(2)12(20)9-16-14(21)17-15-19-18-13(22-15)11-7-5-4-6-8-11/h4-8,10,12,20H,3,9H2,1-2H3,(H2,16,17,19,21). The number of rotatable bonds is 6. The van der Waals surface area contributed by atoms with E-state index in [9.17, 15) is 9.90 Å². The quantitative estimate of drug-likeness (QED) is 0.764. The van der Waals surface area contributed by atoms with Crippen molar-refractivity contribution in [1.82, 2.24) is 15.5 Å². The van der Waals surface area contributed by atoms with Crippen molar-refractivity contribution in [3.63, 3.8) is 0 Å². The zero-order valence-electron chi connectivity index (χ0n) is 12.6. The summed E-state index contributed by atoms with van der Waals surface area (Å²) in [6.45, 7) is 4.16. The molecule has 0 saturated carbocycles. The van der Waals surface area contributed by atoms with Crippen LogP contribution in [0.1, 0.15) is 20.3 Å². The van der Waals surface area contributed by atoms with Crippen molar-refractivity contribution in [1.29, 1.82) is 0 Å². The number of carbonyl (C=O) groups is 1. The van der Waals surface area contributed by atoms with Crippen LogP contribution < -0.4 is 10.6 Å². The van der Waals surface area contributed by atoms with E-state index in [1.807, 2.05) is 44.2 Å². The second kappa shape index (κ2) is 7.86. The Bertz CT molecular complexity index is 603. The Morgan fingerprint density at radius 3 is 2.73 bits per heavy atom. The van der Waals surface area contributed by atoms with Crippen LogP contribution in [0.2, 0.25) is 0 Å². The summed E-state index contributed by atoms with van der Waals surface area (Å²) in [5, 5.41) is 24.2. The minimum absolute atomic E-state index is 0.145. The molecule has 0 bridgehead atoms. The molecule has 0 spiro atoms. The van der Waals surface area contributed by atoms with Gasteiger partial charge < -0.3 is 10.4 Å². The number of benzene rings is 1. The fraction of sp³-hybridized carbons (Fsp3) is 0.400. The van der Waals surface area contributed by atoms with Gasteiger partial charge in [0.05, 0.1) is 6.10 Å². The summed E-state index contributed by atoms with van der Waals surface area (Å²) >= 11 is 1.30. The highest BCUT2D eigenvalue weighted by atomic mass is 32.1. The van der Waals surface area contributed by atoms with E-state index >= 15 is 0 Å². The highest BCUT2D eigenvalue weighted by Gasteiger charge is 2.14. The molecular formula is C15H20N4O2S. The molecule has 2 atom stereocenters. The molecule has 0 radical (unpaired) electrons. The minimum atomic E-state index is -0.551. The van der Waals surface area contributed by atoms with E-state index in [-0.39, 0.29) is 12.5 Å². The molecule has 6 nitrogen and oxygen atoms in total. The summed E-state index contributed by atoms with van der Waals surface area (Å²) in [7, 11) is 0. The summed E-state index contributed by atoms with van der Waals surface area (Å²) in [4.78, 5) is 11.8. The highest BCUT2D eigenvalue weighted by molar-refractivity contribution is 7.18. The highest BCUT2D eigenvalue weighted by Crippen LogP contribution is 2.25. The van der Waals surface area contributed by atoms with Crippen LogP contribution in [0.25, 0.3) is 10.6 Å². The van der Waals surface area contributed by atoms with Crippen molar-refractivity contribution >= 4 is 22.5 Å². The van der Waals surface area contributed by atoms with Gasteiger partial charge in [-0.3, -0.25) is 5.32 Å². The molecule has 2 aromatic rings. The zero-order valence-corrected chi connectivity index (χ0v) is 13.4. The van der Waals surface area contributed by atoms with E-state index in [2.05, 4.69) is 20.8 Å². The van der Waals surface area contributed by atoms with Gasteiger partial charge in [0, 0.05) is 12.1 Å². The zero-order chi connectivity index (χ0) is 15.9. The van der Waals surface area contributed by atoms with Gasteiger partial charge in [-0.25, -0.2) is 4.79 Å². The average molecular weight is 320 g/mol. The lowest BCUT2D eigenvalue weighted by molar-refractivity contribution is 0.115. The molecule has 1 aromatic carbocycles. The van der Waals surface area contributed by atoms with Crippen molar-refractivity contribution in [3.8, 4) is 10.6 Å². The summed E-state index contributed by atoms with van der Waals surface area (Å²) in [6.07, 6.45) is 0.312. The van der Waals surface area contributed by atoms with E-state index < -0.39 is 12.1 Å². The van der Waals surface area contributed by atoms with Crippen LogP contribution in [-0.2, 0) is 0 Å². The lowest BCUT2D eigenvalue weighted by atomic mass is 10.0. The Morgan fingerprint density at radius 1 is 1.32 bits per heavy atom.